The number of nitrogens with one attached hydrogen (secondary N) is 1. The van der Waals surface area contributed by atoms with Crippen molar-refractivity contribution in [3.8, 4) is 0 Å². The van der Waals surface area contributed by atoms with E-state index in [1.54, 1.807) is 11.5 Å². The first-order valence-electron chi connectivity index (χ1n) is 10.4. The quantitative estimate of drug-likeness (QED) is 0.304. The molecule has 0 unspecified atom stereocenters. The Morgan fingerprint density at radius 3 is 2.59 bits per heavy atom. The van der Waals surface area contributed by atoms with Gasteiger partial charge < -0.3 is 9.30 Å². The van der Waals surface area contributed by atoms with E-state index in [0.29, 0.717) is 30.9 Å². The van der Waals surface area contributed by atoms with E-state index in [1.165, 1.54) is 22.8 Å². The molecule has 170 valence electrons. The van der Waals surface area contributed by atoms with Crippen LogP contribution in [-0.4, -0.2) is 30.0 Å². The summed E-state index contributed by atoms with van der Waals surface area (Å²) >= 11 is 0. The van der Waals surface area contributed by atoms with Crippen molar-refractivity contribution in [2.24, 2.45) is 0 Å². The molecule has 0 fully saturated rings. The molecular weight excluding hydrogens is 418 g/mol. The Morgan fingerprint density at radius 2 is 1.94 bits per heavy atom. The predicted molar refractivity (Wildman–Crippen MR) is 117 cm³/mol. The van der Waals surface area contributed by atoms with Gasteiger partial charge in [-0.05, 0) is 25.8 Å². The molecule has 2 heterocycles. The molecule has 0 atom stereocenters. The van der Waals surface area contributed by atoms with Gasteiger partial charge in [-0.3, -0.25) is 24.5 Å². The first kappa shape index (κ1) is 22.9. The number of nitrogens with zero attached hydrogens (tertiary/aromatic N) is 4. The fourth-order valence-electron chi connectivity index (χ4n) is 3.46. The number of carbonyl (C=O) groups excluding carboxylic acids is 1. The number of aromatic nitrogens is 4. The number of hydrogen-bond donors (Lipinski definition) is 1. The smallest absolute Gasteiger partial charge is 0.338 e. The van der Waals surface area contributed by atoms with E-state index in [1.807, 2.05) is 13.8 Å². The Labute approximate surface area is 182 Å². The van der Waals surface area contributed by atoms with Gasteiger partial charge in [0.2, 0.25) is 0 Å². The zero-order chi connectivity index (χ0) is 23.4. The molecule has 1 N–H and O–H groups in total. The van der Waals surface area contributed by atoms with Gasteiger partial charge in [-0.25, -0.2) is 14.6 Å². The third-order valence-corrected chi connectivity index (χ3v) is 5.12. The summed E-state index contributed by atoms with van der Waals surface area (Å²) in [6.07, 6.45) is 2.28. The van der Waals surface area contributed by atoms with E-state index in [2.05, 4.69) is 9.97 Å². The molecule has 3 rings (SSSR count). The fourth-order valence-corrected chi connectivity index (χ4v) is 3.46. The Bertz CT molecular complexity index is 1290. The molecule has 0 aliphatic carbocycles. The highest BCUT2D eigenvalue weighted by molar-refractivity contribution is 5.90. The van der Waals surface area contributed by atoms with E-state index in [-0.39, 0.29) is 29.0 Å². The van der Waals surface area contributed by atoms with Crippen LogP contribution >= 0.6 is 0 Å². The third-order valence-electron chi connectivity index (χ3n) is 5.12. The number of rotatable bonds is 9. The van der Waals surface area contributed by atoms with Crippen LogP contribution in [0.4, 0.5) is 5.69 Å². The number of ether oxygens (including phenoxy) is 1. The normalized spacial score (nSPS) is 11.1. The first-order chi connectivity index (χ1) is 15.3. The minimum absolute atomic E-state index is 0.0400. The maximum atomic E-state index is 12.5. The van der Waals surface area contributed by atoms with E-state index in [4.69, 9.17) is 4.74 Å². The molecular formula is C21H25N5O6. The van der Waals surface area contributed by atoms with Crippen molar-refractivity contribution in [1.82, 2.24) is 19.1 Å². The summed E-state index contributed by atoms with van der Waals surface area (Å²) in [6, 6.07) is 4.10. The zero-order valence-electron chi connectivity index (χ0n) is 18.2. The van der Waals surface area contributed by atoms with E-state index < -0.39 is 22.1 Å². The number of unbranched alkanes of at least 4 members (excludes halogenated alkanes) is 1. The van der Waals surface area contributed by atoms with E-state index in [9.17, 15) is 24.5 Å². The lowest BCUT2D eigenvalue weighted by molar-refractivity contribution is -0.385. The molecule has 0 saturated carbocycles. The molecule has 0 aliphatic rings. The minimum atomic E-state index is -0.750. The van der Waals surface area contributed by atoms with Gasteiger partial charge in [0.15, 0.2) is 11.2 Å². The molecule has 2 aromatic heterocycles. The molecule has 0 saturated heterocycles. The number of fused-ring (bicyclic) bond motifs is 1. The highest BCUT2D eigenvalue weighted by Crippen LogP contribution is 2.20. The van der Waals surface area contributed by atoms with Crippen molar-refractivity contribution in [1.29, 1.82) is 0 Å². The molecule has 1 aromatic carbocycles. The third kappa shape index (κ3) is 4.46. The van der Waals surface area contributed by atoms with Crippen molar-refractivity contribution in [2.45, 2.75) is 59.7 Å². The van der Waals surface area contributed by atoms with Crippen molar-refractivity contribution >= 4 is 22.8 Å². The maximum Gasteiger partial charge on any atom is 0.338 e. The van der Waals surface area contributed by atoms with Crippen LogP contribution in [0.15, 0.2) is 27.8 Å². The summed E-state index contributed by atoms with van der Waals surface area (Å²) in [7, 11) is 0. The minimum Gasteiger partial charge on any atom is -0.454 e. The second kappa shape index (κ2) is 9.58. The van der Waals surface area contributed by atoms with Gasteiger partial charge in [-0.2, -0.15) is 0 Å². The summed E-state index contributed by atoms with van der Waals surface area (Å²) in [4.78, 5) is 54.7. The number of aryl methyl sites for hydroxylation is 3. The Morgan fingerprint density at radius 1 is 1.19 bits per heavy atom. The fraction of sp³-hybridized carbons (Fsp3) is 0.429. The number of imidazole rings is 1. The number of H-pyrrole nitrogens is 1. The van der Waals surface area contributed by atoms with Crippen LogP contribution < -0.4 is 11.2 Å². The van der Waals surface area contributed by atoms with Crippen molar-refractivity contribution in [3.05, 3.63) is 66.1 Å². The molecule has 0 bridgehead atoms. The van der Waals surface area contributed by atoms with Crippen molar-refractivity contribution in [3.63, 3.8) is 0 Å². The van der Waals surface area contributed by atoms with Crippen LogP contribution in [0.2, 0.25) is 0 Å². The molecule has 0 aliphatic heterocycles. The van der Waals surface area contributed by atoms with Crippen molar-refractivity contribution in [2.75, 3.05) is 0 Å². The standard InChI is InChI=1S/C21H25N5O6/c1-4-6-10-25-18-17(19(27)23-21(25)29)24(9-5-2)16(22-18)12-32-20(28)14-8-7-13(3)15(11-14)26(30)31/h7-8,11H,4-6,9-10,12H2,1-3H3,(H,23,27,29). The van der Waals surface area contributed by atoms with Crippen LogP contribution in [0.1, 0.15) is 54.9 Å². The highest BCUT2D eigenvalue weighted by Gasteiger charge is 2.20. The van der Waals surface area contributed by atoms with Gasteiger partial charge in [0.25, 0.3) is 11.2 Å². The summed E-state index contributed by atoms with van der Waals surface area (Å²) in [5, 5.41) is 11.1. The lowest BCUT2D eigenvalue weighted by Crippen LogP contribution is -2.31. The molecule has 3 aromatic rings. The number of esters is 1. The average Bonchev–Trinajstić information content (AvgIpc) is 3.11. The molecule has 0 amide bonds. The van der Waals surface area contributed by atoms with Gasteiger partial charge in [0, 0.05) is 24.7 Å². The predicted octanol–water partition coefficient (Wildman–Crippen LogP) is 2.67. The SMILES string of the molecule is CCCCn1c(=O)[nH]c(=O)c2c1nc(COC(=O)c1ccc(C)c([N+](=O)[O-])c1)n2CCC. The number of benzene rings is 1. The molecule has 32 heavy (non-hydrogen) atoms. The number of nitro groups is 1. The Hall–Kier alpha value is -3.76. The zero-order valence-corrected chi connectivity index (χ0v) is 18.2. The summed E-state index contributed by atoms with van der Waals surface area (Å²) in [5.41, 5.74) is -0.293. The van der Waals surface area contributed by atoms with Crippen LogP contribution in [0.3, 0.4) is 0 Å². The Kier molecular flexibility index (Phi) is 6.86. The molecule has 0 spiro atoms. The monoisotopic (exact) mass is 443 g/mol. The van der Waals surface area contributed by atoms with Gasteiger partial charge in [-0.15, -0.1) is 0 Å². The van der Waals surface area contributed by atoms with Crippen LogP contribution in [0, 0.1) is 17.0 Å². The highest BCUT2D eigenvalue weighted by atomic mass is 16.6. The van der Waals surface area contributed by atoms with Crippen LogP contribution in [0.5, 0.6) is 0 Å². The largest absolute Gasteiger partial charge is 0.454 e. The topological polar surface area (TPSA) is 142 Å². The van der Waals surface area contributed by atoms with Crippen LogP contribution in [-0.2, 0) is 24.4 Å². The molecule has 0 radical (unpaired) electrons. The van der Waals surface area contributed by atoms with Gasteiger partial charge >= 0.3 is 11.7 Å². The Balaban J connectivity index is 1.97. The summed E-state index contributed by atoms with van der Waals surface area (Å²) in [6.45, 7) is 6.08. The van der Waals surface area contributed by atoms with Crippen LogP contribution in [0.25, 0.3) is 11.2 Å². The van der Waals surface area contributed by atoms with Gasteiger partial charge in [0.1, 0.15) is 12.4 Å². The second-order valence-corrected chi connectivity index (χ2v) is 7.45. The van der Waals surface area contributed by atoms with Crippen molar-refractivity contribution < 1.29 is 14.5 Å². The second-order valence-electron chi connectivity index (χ2n) is 7.45. The summed E-state index contributed by atoms with van der Waals surface area (Å²) < 4.78 is 8.41. The lowest BCUT2D eigenvalue weighted by Gasteiger charge is -2.09. The van der Waals surface area contributed by atoms with Gasteiger partial charge in [-0.1, -0.05) is 26.3 Å². The number of carbonyl (C=O) groups is 1. The van der Waals surface area contributed by atoms with Gasteiger partial charge in [0.05, 0.1) is 10.5 Å². The van der Waals surface area contributed by atoms with E-state index >= 15 is 0 Å². The van der Waals surface area contributed by atoms with E-state index in [0.717, 1.165) is 12.8 Å². The average molecular weight is 443 g/mol. The molecule has 11 heteroatoms. The first-order valence-corrected chi connectivity index (χ1v) is 10.4. The molecule has 11 nitrogen and oxygen atoms in total. The number of hydrogen-bond acceptors (Lipinski definition) is 7. The lowest BCUT2D eigenvalue weighted by atomic mass is 10.1. The maximum absolute atomic E-state index is 12.5. The number of aromatic amines is 1. The number of nitro benzene ring substituents is 1. The summed E-state index contributed by atoms with van der Waals surface area (Å²) in [5.74, 6) is -0.432.